The predicted molar refractivity (Wildman–Crippen MR) is 119 cm³/mol. The van der Waals surface area contributed by atoms with Crippen molar-refractivity contribution < 1.29 is 0 Å². The van der Waals surface area contributed by atoms with Gasteiger partial charge in [0.2, 0.25) is 0 Å². The normalized spacial score (nSPS) is 28.1. The molecule has 2 aromatic carbocycles. The van der Waals surface area contributed by atoms with E-state index < -0.39 is 0 Å². The first kappa shape index (κ1) is 18.7. The molecule has 0 N–H and O–H groups in total. The van der Waals surface area contributed by atoms with Gasteiger partial charge in [0, 0.05) is 11.3 Å². The topological polar surface area (TPSA) is 0 Å². The predicted octanol–water partition coefficient (Wildman–Crippen LogP) is 8.06. The van der Waals surface area contributed by atoms with Crippen molar-refractivity contribution in [3.8, 4) is 0 Å². The van der Waals surface area contributed by atoms with Gasteiger partial charge in [-0.25, -0.2) is 0 Å². The molecule has 0 radical (unpaired) electrons. The van der Waals surface area contributed by atoms with Crippen molar-refractivity contribution in [1.29, 1.82) is 0 Å². The van der Waals surface area contributed by atoms with Gasteiger partial charge in [0.15, 0.2) is 0 Å². The number of fused-ring (bicyclic) bond motifs is 2. The lowest BCUT2D eigenvalue weighted by atomic mass is 9.98. The second-order valence-corrected chi connectivity index (χ2v) is 16.2. The van der Waals surface area contributed by atoms with Crippen molar-refractivity contribution in [2.75, 3.05) is 0 Å². The number of hydrogen-bond acceptors (Lipinski definition) is 0. The van der Waals surface area contributed by atoms with E-state index in [1.807, 2.05) is 0 Å². The minimum Gasteiger partial charge on any atom is -0.0880 e. The van der Waals surface area contributed by atoms with Crippen LogP contribution in [0.15, 0.2) is 48.5 Å². The molecule has 0 nitrogen and oxygen atoms in total. The summed E-state index contributed by atoms with van der Waals surface area (Å²) in [5.41, 5.74) is 8.07. The van der Waals surface area contributed by atoms with E-state index in [-0.39, 0.29) is 15.8 Å². The van der Waals surface area contributed by atoms with E-state index in [9.17, 15) is 0 Å². The Bertz CT molecular complexity index is 740. The summed E-state index contributed by atoms with van der Waals surface area (Å²) in [5.74, 6) is 0. The molecule has 4 atom stereocenters. The van der Waals surface area contributed by atoms with Gasteiger partial charge in [0.25, 0.3) is 0 Å². The van der Waals surface area contributed by atoms with Crippen molar-refractivity contribution in [2.24, 2.45) is 0 Å². The average Bonchev–Trinajstić information content (AvgIpc) is 3.12. The third kappa shape index (κ3) is 3.08. The maximum absolute atomic E-state index is 2.48. The molecule has 26 heavy (non-hydrogen) atoms. The maximum atomic E-state index is 2.48. The molecule has 2 heterocycles. The fourth-order valence-electron chi connectivity index (χ4n) is 4.82. The minimum atomic E-state index is -0.0695. The van der Waals surface area contributed by atoms with Gasteiger partial charge in [-0.3, -0.25) is 0 Å². The Morgan fingerprint density at radius 1 is 0.615 bits per heavy atom. The van der Waals surface area contributed by atoms with Gasteiger partial charge in [-0.2, -0.15) is 0 Å². The van der Waals surface area contributed by atoms with Crippen LogP contribution in [0.25, 0.3) is 0 Å². The molecule has 138 valence electrons. The lowest BCUT2D eigenvalue weighted by Gasteiger charge is -2.42. The molecule has 2 aliphatic rings. The van der Waals surface area contributed by atoms with E-state index in [0.717, 1.165) is 11.3 Å². The van der Waals surface area contributed by atoms with Crippen LogP contribution < -0.4 is 0 Å². The van der Waals surface area contributed by atoms with Crippen molar-refractivity contribution >= 4 is 15.8 Å². The quantitative estimate of drug-likeness (QED) is 0.438. The van der Waals surface area contributed by atoms with E-state index in [4.69, 9.17) is 0 Å². The summed E-state index contributed by atoms with van der Waals surface area (Å²) < 4.78 is 0. The summed E-state index contributed by atoms with van der Waals surface area (Å²) in [7, 11) is -0.139. The summed E-state index contributed by atoms with van der Waals surface area (Å²) in [6, 6.07) is 18.7. The summed E-state index contributed by atoms with van der Waals surface area (Å²) in [6.07, 6.45) is 2.62. The Hall–Kier alpha value is -0.700. The highest BCUT2D eigenvalue weighted by molar-refractivity contribution is 7.63. The van der Waals surface area contributed by atoms with Crippen LogP contribution in [0.4, 0.5) is 0 Å². The smallest absolute Gasteiger partial charge is 0.0161 e. The molecule has 0 amide bonds. The lowest BCUT2D eigenvalue weighted by molar-refractivity contribution is 0.736. The van der Waals surface area contributed by atoms with E-state index in [1.54, 1.807) is 22.3 Å². The fraction of sp³-hybridized carbons (Fsp3) is 0.500. The highest BCUT2D eigenvalue weighted by Crippen LogP contribution is 2.80. The summed E-state index contributed by atoms with van der Waals surface area (Å²) in [4.78, 5) is 0. The van der Waals surface area contributed by atoms with E-state index in [1.165, 1.54) is 12.3 Å². The zero-order chi connectivity index (χ0) is 18.7. The molecule has 0 bridgehead atoms. The number of benzene rings is 2. The van der Waals surface area contributed by atoms with Crippen molar-refractivity contribution in [1.82, 2.24) is 0 Å². The summed E-state index contributed by atoms with van der Waals surface area (Å²) in [6.45, 7) is 14.9. The Balaban J connectivity index is 1.89. The Morgan fingerprint density at radius 2 is 0.962 bits per heavy atom. The van der Waals surface area contributed by atoms with E-state index in [0.29, 0.717) is 10.3 Å². The van der Waals surface area contributed by atoms with Crippen LogP contribution >= 0.6 is 15.8 Å². The van der Waals surface area contributed by atoms with Gasteiger partial charge in [0.05, 0.1) is 0 Å². The van der Waals surface area contributed by atoms with Crippen LogP contribution in [-0.2, 0) is 12.3 Å². The summed E-state index contributed by atoms with van der Waals surface area (Å²) in [5, 5.41) is 0.797. The maximum Gasteiger partial charge on any atom is 0.0161 e. The van der Waals surface area contributed by atoms with E-state index in [2.05, 4.69) is 90.1 Å². The zero-order valence-corrected chi connectivity index (χ0v) is 18.9. The molecule has 2 aromatic rings. The Kier molecular flexibility index (Phi) is 4.61. The fourth-order valence-corrected chi connectivity index (χ4v) is 12.3. The van der Waals surface area contributed by atoms with Gasteiger partial charge in [-0.05, 0) is 44.9 Å². The highest BCUT2D eigenvalue weighted by atomic mass is 31.1. The van der Waals surface area contributed by atoms with Crippen LogP contribution in [0.1, 0.15) is 75.1 Å². The third-order valence-corrected chi connectivity index (χ3v) is 13.7. The molecular formula is C24H32P2. The molecule has 0 fully saturated rings. The standard InChI is InChI=1S/C24H32P2/c1-23(2,3)25-15-17-11-7-9-13-19(17)21(25)22-20-14-10-8-12-18(20)16-26(22)24(4,5)6/h7-14,21-22H,15-16H2,1-6H3/t21-,22+,25?,26?. The largest absolute Gasteiger partial charge is 0.0880 e. The van der Waals surface area contributed by atoms with Crippen LogP contribution in [0.2, 0.25) is 0 Å². The Labute approximate surface area is 162 Å². The molecule has 0 spiro atoms. The molecule has 2 aliphatic heterocycles. The second kappa shape index (κ2) is 6.43. The van der Waals surface area contributed by atoms with Crippen molar-refractivity contribution in [2.45, 2.75) is 75.5 Å². The zero-order valence-electron chi connectivity index (χ0n) is 17.1. The van der Waals surface area contributed by atoms with Crippen LogP contribution in [0, 0.1) is 0 Å². The summed E-state index contributed by atoms with van der Waals surface area (Å²) >= 11 is 0. The van der Waals surface area contributed by atoms with Crippen molar-refractivity contribution in [3.63, 3.8) is 0 Å². The molecule has 2 heteroatoms. The highest BCUT2D eigenvalue weighted by Gasteiger charge is 2.50. The van der Waals surface area contributed by atoms with Gasteiger partial charge in [-0.1, -0.05) is 106 Å². The first-order valence-electron chi connectivity index (χ1n) is 9.87. The minimum absolute atomic E-state index is 0.0695. The first-order chi connectivity index (χ1) is 12.2. The van der Waals surface area contributed by atoms with Gasteiger partial charge >= 0.3 is 0 Å². The Morgan fingerprint density at radius 3 is 1.31 bits per heavy atom. The van der Waals surface area contributed by atoms with Gasteiger partial charge in [0.1, 0.15) is 0 Å². The van der Waals surface area contributed by atoms with Crippen molar-refractivity contribution in [3.05, 3.63) is 70.8 Å². The lowest BCUT2D eigenvalue weighted by Crippen LogP contribution is -2.20. The van der Waals surface area contributed by atoms with Crippen LogP contribution in [0.3, 0.4) is 0 Å². The number of rotatable bonds is 1. The second-order valence-electron chi connectivity index (χ2n) is 9.88. The van der Waals surface area contributed by atoms with Gasteiger partial charge < -0.3 is 0 Å². The number of hydrogen-bond donors (Lipinski definition) is 0. The average molecular weight is 382 g/mol. The first-order valence-corrected chi connectivity index (χ1v) is 13.1. The molecule has 0 aromatic heterocycles. The van der Waals surface area contributed by atoms with Gasteiger partial charge in [-0.15, -0.1) is 0 Å². The molecule has 0 aliphatic carbocycles. The molecule has 4 rings (SSSR count). The molecular weight excluding hydrogens is 350 g/mol. The molecule has 0 saturated heterocycles. The molecule has 0 saturated carbocycles. The van der Waals surface area contributed by atoms with Crippen LogP contribution in [0.5, 0.6) is 0 Å². The third-order valence-electron chi connectivity index (χ3n) is 6.12. The SMILES string of the molecule is CC(C)(C)P1Cc2ccccc2[C@@H]1[C@@H]1c2ccccc2CP1C(C)(C)C. The monoisotopic (exact) mass is 382 g/mol. The molecule has 2 unspecified atom stereocenters. The van der Waals surface area contributed by atoms with Crippen LogP contribution in [-0.4, -0.2) is 10.3 Å². The van der Waals surface area contributed by atoms with E-state index >= 15 is 0 Å².